The second-order valence-electron chi connectivity index (χ2n) is 5.69. The Morgan fingerprint density at radius 1 is 0.684 bits per heavy atom. The standard InChI is InChI=1S/C17H34O2/c1-17(18)15-13-11-9-7-5-3-4-6-8-10-12-14-16-19-2/h3-16H2,1-2H3. The van der Waals surface area contributed by atoms with Crippen molar-refractivity contribution in [3.63, 3.8) is 0 Å². The van der Waals surface area contributed by atoms with Crippen molar-refractivity contribution in [3.05, 3.63) is 0 Å². The molecule has 0 atom stereocenters. The third-order valence-electron chi connectivity index (χ3n) is 3.63. The third kappa shape index (κ3) is 17.6. The second-order valence-corrected chi connectivity index (χ2v) is 5.69. The summed E-state index contributed by atoms with van der Waals surface area (Å²) in [5.74, 6) is 0.338. The maximum absolute atomic E-state index is 10.8. The fourth-order valence-electron chi connectivity index (χ4n) is 2.39. The third-order valence-corrected chi connectivity index (χ3v) is 3.63. The molecule has 0 aliphatic rings. The fraction of sp³-hybridized carbons (Fsp3) is 0.941. The Morgan fingerprint density at radius 2 is 1.05 bits per heavy atom. The van der Waals surface area contributed by atoms with Crippen LogP contribution in [0.3, 0.4) is 0 Å². The highest BCUT2D eigenvalue weighted by atomic mass is 16.5. The maximum Gasteiger partial charge on any atom is 0.129 e. The zero-order valence-corrected chi connectivity index (χ0v) is 13.2. The molecule has 0 aliphatic heterocycles. The van der Waals surface area contributed by atoms with Gasteiger partial charge in [-0.25, -0.2) is 0 Å². The lowest BCUT2D eigenvalue weighted by Gasteiger charge is -2.03. The lowest BCUT2D eigenvalue weighted by molar-refractivity contribution is -0.117. The van der Waals surface area contributed by atoms with E-state index in [1.54, 1.807) is 14.0 Å². The molecule has 0 N–H and O–H groups in total. The normalized spacial score (nSPS) is 10.8. The van der Waals surface area contributed by atoms with Crippen molar-refractivity contribution < 1.29 is 9.53 Å². The van der Waals surface area contributed by atoms with Gasteiger partial charge in [0, 0.05) is 20.1 Å². The van der Waals surface area contributed by atoms with Crippen LogP contribution in [0.2, 0.25) is 0 Å². The molecule has 114 valence electrons. The highest BCUT2D eigenvalue weighted by Gasteiger charge is 1.95. The van der Waals surface area contributed by atoms with Crippen LogP contribution in [0.25, 0.3) is 0 Å². The number of ketones is 1. The van der Waals surface area contributed by atoms with Gasteiger partial charge in [0.25, 0.3) is 0 Å². The molecule has 0 saturated heterocycles. The number of carbonyl (C=O) groups is 1. The Morgan fingerprint density at radius 3 is 1.42 bits per heavy atom. The summed E-state index contributed by atoms with van der Waals surface area (Å²) >= 11 is 0. The van der Waals surface area contributed by atoms with Crippen molar-refractivity contribution >= 4 is 5.78 Å². The van der Waals surface area contributed by atoms with E-state index in [9.17, 15) is 4.79 Å². The van der Waals surface area contributed by atoms with E-state index >= 15 is 0 Å². The molecule has 0 fully saturated rings. The molecule has 0 radical (unpaired) electrons. The molecule has 0 unspecified atom stereocenters. The number of hydrogen-bond donors (Lipinski definition) is 0. The molecule has 0 saturated carbocycles. The minimum Gasteiger partial charge on any atom is -0.385 e. The van der Waals surface area contributed by atoms with Crippen molar-refractivity contribution in [1.29, 1.82) is 0 Å². The summed E-state index contributed by atoms with van der Waals surface area (Å²) in [6.07, 6.45) is 16.6. The average molecular weight is 270 g/mol. The van der Waals surface area contributed by atoms with E-state index in [-0.39, 0.29) is 0 Å². The Labute approximate surface area is 120 Å². The maximum atomic E-state index is 10.8. The smallest absolute Gasteiger partial charge is 0.129 e. The van der Waals surface area contributed by atoms with Crippen LogP contribution in [0.15, 0.2) is 0 Å². The molecule has 0 aromatic heterocycles. The second kappa shape index (κ2) is 15.7. The van der Waals surface area contributed by atoms with E-state index in [1.807, 2.05) is 0 Å². The molecule has 0 rings (SSSR count). The minimum atomic E-state index is 0.338. The van der Waals surface area contributed by atoms with E-state index in [1.165, 1.54) is 70.6 Å². The Hall–Kier alpha value is -0.370. The monoisotopic (exact) mass is 270 g/mol. The molecular weight excluding hydrogens is 236 g/mol. The van der Waals surface area contributed by atoms with Gasteiger partial charge in [0.2, 0.25) is 0 Å². The number of unbranched alkanes of at least 4 members (excludes halogenated alkanes) is 11. The average Bonchev–Trinajstić information content (AvgIpc) is 2.39. The summed E-state index contributed by atoms with van der Waals surface area (Å²) in [6.45, 7) is 2.61. The van der Waals surface area contributed by atoms with Crippen molar-refractivity contribution in [2.75, 3.05) is 13.7 Å². The molecule has 0 spiro atoms. The molecule has 0 aromatic carbocycles. The molecule has 0 aromatic rings. The van der Waals surface area contributed by atoms with Gasteiger partial charge in [-0.05, 0) is 19.8 Å². The highest BCUT2D eigenvalue weighted by Crippen LogP contribution is 2.12. The van der Waals surface area contributed by atoms with Crippen LogP contribution in [0.5, 0.6) is 0 Å². The largest absolute Gasteiger partial charge is 0.385 e. The summed E-state index contributed by atoms with van der Waals surface area (Å²) in [7, 11) is 1.78. The molecule has 19 heavy (non-hydrogen) atoms. The van der Waals surface area contributed by atoms with Gasteiger partial charge in [-0.15, -0.1) is 0 Å². The van der Waals surface area contributed by atoms with E-state index in [4.69, 9.17) is 4.74 Å². The van der Waals surface area contributed by atoms with E-state index < -0.39 is 0 Å². The van der Waals surface area contributed by atoms with Gasteiger partial charge in [0.1, 0.15) is 5.78 Å². The van der Waals surface area contributed by atoms with Gasteiger partial charge in [0.05, 0.1) is 0 Å². The van der Waals surface area contributed by atoms with Gasteiger partial charge in [-0.1, -0.05) is 64.2 Å². The lowest BCUT2D eigenvalue weighted by Crippen LogP contribution is -1.89. The number of methoxy groups -OCH3 is 1. The predicted molar refractivity (Wildman–Crippen MR) is 82.6 cm³/mol. The van der Waals surface area contributed by atoms with Crippen molar-refractivity contribution in [2.24, 2.45) is 0 Å². The van der Waals surface area contributed by atoms with Crippen LogP contribution in [-0.4, -0.2) is 19.5 Å². The van der Waals surface area contributed by atoms with Crippen LogP contribution in [0.1, 0.15) is 90.4 Å². The Balaban J connectivity index is 2.93. The van der Waals surface area contributed by atoms with Crippen LogP contribution in [0.4, 0.5) is 0 Å². The van der Waals surface area contributed by atoms with Gasteiger partial charge in [-0.2, -0.15) is 0 Å². The first kappa shape index (κ1) is 18.6. The van der Waals surface area contributed by atoms with Crippen LogP contribution < -0.4 is 0 Å². The van der Waals surface area contributed by atoms with E-state index in [2.05, 4.69) is 0 Å². The number of ether oxygens (including phenoxy) is 1. The molecule has 2 heteroatoms. The lowest BCUT2D eigenvalue weighted by atomic mass is 10.0. The molecule has 0 amide bonds. The molecule has 0 aliphatic carbocycles. The molecule has 0 heterocycles. The quantitative estimate of drug-likeness (QED) is 0.378. The van der Waals surface area contributed by atoms with Crippen molar-refractivity contribution in [2.45, 2.75) is 90.4 Å². The number of rotatable bonds is 15. The first-order valence-corrected chi connectivity index (χ1v) is 8.25. The number of carbonyl (C=O) groups excluding carboxylic acids is 1. The van der Waals surface area contributed by atoms with Crippen LogP contribution in [0, 0.1) is 0 Å². The van der Waals surface area contributed by atoms with Crippen molar-refractivity contribution in [1.82, 2.24) is 0 Å². The van der Waals surface area contributed by atoms with Gasteiger partial charge in [-0.3, -0.25) is 0 Å². The highest BCUT2D eigenvalue weighted by molar-refractivity contribution is 5.75. The molecule has 2 nitrogen and oxygen atoms in total. The Kier molecular flexibility index (Phi) is 15.4. The zero-order valence-electron chi connectivity index (χ0n) is 13.2. The fourth-order valence-corrected chi connectivity index (χ4v) is 2.39. The summed E-state index contributed by atoms with van der Waals surface area (Å²) in [6, 6.07) is 0. The molecule has 0 bridgehead atoms. The first-order chi connectivity index (χ1) is 9.27. The van der Waals surface area contributed by atoms with Gasteiger partial charge < -0.3 is 9.53 Å². The number of Topliss-reactive ketones (excluding diaryl/α,β-unsaturated/α-hetero) is 1. The number of hydrogen-bond acceptors (Lipinski definition) is 2. The van der Waals surface area contributed by atoms with Gasteiger partial charge >= 0.3 is 0 Å². The van der Waals surface area contributed by atoms with Crippen molar-refractivity contribution in [3.8, 4) is 0 Å². The predicted octanol–water partition coefficient (Wildman–Crippen LogP) is 5.29. The summed E-state index contributed by atoms with van der Waals surface area (Å²) in [4.78, 5) is 10.8. The van der Waals surface area contributed by atoms with E-state index in [0.29, 0.717) is 5.78 Å². The summed E-state index contributed by atoms with van der Waals surface area (Å²) in [5.41, 5.74) is 0. The summed E-state index contributed by atoms with van der Waals surface area (Å²) < 4.78 is 5.04. The summed E-state index contributed by atoms with van der Waals surface area (Å²) in [5, 5.41) is 0. The zero-order chi connectivity index (χ0) is 14.2. The van der Waals surface area contributed by atoms with Crippen LogP contribution >= 0.6 is 0 Å². The van der Waals surface area contributed by atoms with Crippen LogP contribution in [-0.2, 0) is 9.53 Å². The first-order valence-electron chi connectivity index (χ1n) is 8.25. The van der Waals surface area contributed by atoms with Gasteiger partial charge in [0.15, 0.2) is 0 Å². The minimum absolute atomic E-state index is 0.338. The Bertz CT molecular complexity index is 190. The SMILES string of the molecule is COCCCCCCCCCCCCCCC(C)=O. The molecular formula is C17H34O2. The topological polar surface area (TPSA) is 26.3 Å². The van der Waals surface area contributed by atoms with E-state index in [0.717, 1.165) is 19.4 Å².